The van der Waals surface area contributed by atoms with Gasteiger partial charge in [-0.25, -0.2) is 0 Å². The molecule has 1 aliphatic rings. The van der Waals surface area contributed by atoms with Gasteiger partial charge >= 0.3 is 5.97 Å². The molecule has 1 aliphatic heterocycles. The fourth-order valence-corrected chi connectivity index (χ4v) is 4.80. The van der Waals surface area contributed by atoms with E-state index in [9.17, 15) is 9.59 Å². The summed E-state index contributed by atoms with van der Waals surface area (Å²) in [5.74, 6) is -0.360. The number of amides is 1. The van der Waals surface area contributed by atoms with Gasteiger partial charge < -0.3 is 14.7 Å². The van der Waals surface area contributed by atoms with E-state index in [1.54, 1.807) is 18.0 Å². The number of halogens is 1. The first-order valence-electron chi connectivity index (χ1n) is 10.7. The molecule has 2 atom stereocenters. The van der Waals surface area contributed by atoms with Crippen LogP contribution in [0.15, 0.2) is 59.2 Å². The molecule has 3 aromatic rings. The number of carbonyl (C=O) groups is 2. The molecule has 0 saturated carbocycles. The lowest BCUT2D eigenvalue weighted by molar-refractivity contribution is -0.143. The molecule has 2 aromatic carbocycles. The second-order valence-corrected chi connectivity index (χ2v) is 9.02. The average Bonchev–Trinajstić information content (AvgIpc) is 2.78. The molecule has 1 fully saturated rings. The molecule has 32 heavy (non-hydrogen) atoms. The number of hydrogen-bond acceptors (Lipinski definition) is 4. The first kappa shape index (κ1) is 22.3. The molecule has 1 unspecified atom stereocenters. The maximum Gasteiger partial charge on any atom is 0.303 e. The van der Waals surface area contributed by atoms with Crippen LogP contribution >= 0.6 is 15.9 Å². The SMILES string of the molecule is CC(Oc1ccc2c(-c3ccccc3Br)ccnc2c1)C(=O)N1CCC[C@H](CC(=O)O)C1. The number of piperidine rings is 1. The van der Waals surface area contributed by atoms with Crippen LogP contribution in [0.2, 0.25) is 0 Å². The van der Waals surface area contributed by atoms with Gasteiger partial charge in [0.15, 0.2) is 6.10 Å². The van der Waals surface area contributed by atoms with Gasteiger partial charge in [0.05, 0.1) is 5.52 Å². The average molecular weight is 497 g/mol. The van der Waals surface area contributed by atoms with Crippen LogP contribution in [-0.2, 0) is 9.59 Å². The van der Waals surface area contributed by atoms with E-state index in [2.05, 4.69) is 27.0 Å². The number of ether oxygens (including phenoxy) is 1. The molecule has 166 valence electrons. The molecule has 1 aromatic heterocycles. The Bertz CT molecular complexity index is 1150. The number of carbonyl (C=O) groups excluding carboxylic acids is 1. The molecule has 0 radical (unpaired) electrons. The summed E-state index contributed by atoms with van der Waals surface area (Å²) in [6, 6.07) is 15.7. The van der Waals surface area contributed by atoms with Crippen LogP contribution in [0.4, 0.5) is 0 Å². The fourth-order valence-electron chi connectivity index (χ4n) is 4.31. The van der Waals surface area contributed by atoms with Gasteiger partial charge in [-0.2, -0.15) is 0 Å². The Labute approximate surface area is 195 Å². The van der Waals surface area contributed by atoms with E-state index in [0.717, 1.165) is 39.3 Å². The third kappa shape index (κ3) is 4.93. The monoisotopic (exact) mass is 496 g/mol. The van der Waals surface area contributed by atoms with Gasteiger partial charge in [-0.05, 0) is 61.1 Å². The summed E-state index contributed by atoms with van der Waals surface area (Å²) >= 11 is 3.62. The van der Waals surface area contributed by atoms with Gasteiger partial charge in [-0.1, -0.05) is 34.1 Å². The summed E-state index contributed by atoms with van der Waals surface area (Å²) in [5, 5.41) is 10.1. The summed E-state index contributed by atoms with van der Waals surface area (Å²) in [6.45, 7) is 2.84. The van der Waals surface area contributed by atoms with Gasteiger partial charge in [0.25, 0.3) is 5.91 Å². The summed E-state index contributed by atoms with van der Waals surface area (Å²) in [5.41, 5.74) is 2.93. The van der Waals surface area contributed by atoms with Crippen LogP contribution in [0.25, 0.3) is 22.0 Å². The number of pyridine rings is 1. The molecule has 1 N–H and O–H groups in total. The second kappa shape index (κ2) is 9.69. The fraction of sp³-hybridized carbons (Fsp3) is 0.320. The Morgan fingerprint density at radius 2 is 2.03 bits per heavy atom. The highest BCUT2D eigenvalue weighted by atomic mass is 79.9. The number of benzene rings is 2. The number of carboxylic acid groups (broad SMARTS) is 1. The van der Waals surface area contributed by atoms with Gasteiger partial charge in [0.1, 0.15) is 5.75 Å². The minimum atomic E-state index is -0.820. The highest BCUT2D eigenvalue weighted by Gasteiger charge is 2.29. The summed E-state index contributed by atoms with van der Waals surface area (Å²) in [7, 11) is 0. The number of likely N-dealkylation sites (tertiary alicyclic amines) is 1. The zero-order chi connectivity index (χ0) is 22.7. The van der Waals surface area contributed by atoms with Crippen molar-refractivity contribution in [1.29, 1.82) is 0 Å². The first-order valence-corrected chi connectivity index (χ1v) is 11.5. The van der Waals surface area contributed by atoms with Gasteiger partial charge in [0.2, 0.25) is 0 Å². The maximum atomic E-state index is 12.9. The van der Waals surface area contributed by atoms with Crippen LogP contribution in [0.5, 0.6) is 5.75 Å². The number of fused-ring (bicyclic) bond motifs is 1. The van der Waals surface area contributed by atoms with Crippen molar-refractivity contribution in [2.24, 2.45) is 5.92 Å². The molecule has 7 heteroatoms. The zero-order valence-corrected chi connectivity index (χ0v) is 19.4. The van der Waals surface area contributed by atoms with Crippen molar-refractivity contribution in [2.45, 2.75) is 32.3 Å². The third-order valence-electron chi connectivity index (χ3n) is 5.83. The van der Waals surface area contributed by atoms with Crippen molar-refractivity contribution in [3.05, 3.63) is 59.2 Å². The van der Waals surface area contributed by atoms with Gasteiger partial charge in [-0.15, -0.1) is 0 Å². The van der Waals surface area contributed by atoms with E-state index in [4.69, 9.17) is 9.84 Å². The Balaban J connectivity index is 1.50. The van der Waals surface area contributed by atoms with E-state index >= 15 is 0 Å². The Kier molecular flexibility index (Phi) is 6.74. The molecule has 1 saturated heterocycles. The zero-order valence-electron chi connectivity index (χ0n) is 17.8. The maximum absolute atomic E-state index is 12.9. The Hall–Kier alpha value is -2.93. The predicted molar refractivity (Wildman–Crippen MR) is 127 cm³/mol. The van der Waals surface area contributed by atoms with Crippen molar-refractivity contribution < 1.29 is 19.4 Å². The summed E-state index contributed by atoms with van der Waals surface area (Å²) in [6.07, 6.45) is 2.85. The largest absolute Gasteiger partial charge is 0.481 e. The normalized spacial score (nSPS) is 17.2. The first-order chi connectivity index (χ1) is 15.4. The van der Waals surface area contributed by atoms with Crippen molar-refractivity contribution in [3.8, 4) is 16.9 Å². The summed E-state index contributed by atoms with van der Waals surface area (Å²) in [4.78, 5) is 30.1. The number of aliphatic carboxylic acids is 1. The van der Waals surface area contributed by atoms with Crippen LogP contribution in [0.1, 0.15) is 26.2 Å². The predicted octanol–water partition coefficient (Wildman–Crippen LogP) is 5.14. The topological polar surface area (TPSA) is 79.7 Å². The molecule has 2 heterocycles. The molecular weight excluding hydrogens is 472 g/mol. The number of hydrogen-bond donors (Lipinski definition) is 1. The number of rotatable bonds is 6. The van der Waals surface area contributed by atoms with Crippen molar-refractivity contribution >= 4 is 38.7 Å². The smallest absolute Gasteiger partial charge is 0.303 e. The van der Waals surface area contributed by atoms with Crippen LogP contribution in [0, 0.1) is 5.92 Å². The van der Waals surface area contributed by atoms with Gasteiger partial charge in [-0.3, -0.25) is 14.6 Å². The lowest BCUT2D eigenvalue weighted by Gasteiger charge is -2.33. The second-order valence-electron chi connectivity index (χ2n) is 8.17. The molecule has 4 rings (SSSR count). The molecule has 0 spiro atoms. The van der Waals surface area contributed by atoms with E-state index < -0.39 is 12.1 Å². The van der Waals surface area contributed by atoms with Gasteiger partial charge in [0, 0.05) is 41.6 Å². The lowest BCUT2D eigenvalue weighted by Crippen LogP contribution is -2.46. The van der Waals surface area contributed by atoms with E-state index in [1.165, 1.54) is 0 Å². The molecule has 0 bridgehead atoms. The highest BCUT2D eigenvalue weighted by Crippen LogP contribution is 2.34. The van der Waals surface area contributed by atoms with Crippen LogP contribution in [0.3, 0.4) is 0 Å². The molecule has 0 aliphatic carbocycles. The number of carboxylic acids is 1. The summed E-state index contributed by atoms with van der Waals surface area (Å²) < 4.78 is 6.98. The Morgan fingerprint density at radius 1 is 1.22 bits per heavy atom. The van der Waals surface area contributed by atoms with Crippen molar-refractivity contribution in [3.63, 3.8) is 0 Å². The minimum absolute atomic E-state index is 0.00185. The quantitative estimate of drug-likeness (QED) is 0.510. The van der Waals surface area contributed by atoms with E-state index in [0.29, 0.717) is 18.8 Å². The third-order valence-corrected chi connectivity index (χ3v) is 6.52. The number of nitrogens with zero attached hydrogens (tertiary/aromatic N) is 2. The molecular formula is C25H25BrN2O4. The molecule has 1 amide bonds. The standard InChI is InChI=1S/C25H25BrN2O4/c1-16(25(31)28-12-4-5-17(15-28)13-24(29)30)32-18-8-9-21-19(10-11-27-23(21)14-18)20-6-2-3-7-22(20)26/h2-3,6-11,14,16-17H,4-5,12-13,15H2,1H3,(H,29,30)/t16?,17-/m1/s1. The van der Waals surface area contributed by atoms with Crippen LogP contribution < -0.4 is 4.74 Å². The van der Waals surface area contributed by atoms with E-state index in [-0.39, 0.29) is 18.2 Å². The van der Waals surface area contributed by atoms with Crippen molar-refractivity contribution in [1.82, 2.24) is 9.88 Å². The lowest BCUT2D eigenvalue weighted by atomic mass is 9.94. The van der Waals surface area contributed by atoms with Crippen LogP contribution in [-0.4, -0.2) is 46.1 Å². The van der Waals surface area contributed by atoms with Crippen molar-refractivity contribution in [2.75, 3.05) is 13.1 Å². The Morgan fingerprint density at radius 3 is 2.81 bits per heavy atom. The molecule has 6 nitrogen and oxygen atoms in total. The minimum Gasteiger partial charge on any atom is -0.481 e. The highest BCUT2D eigenvalue weighted by molar-refractivity contribution is 9.10. The number of aromatic nitrogens is 1. The van der Waals surface area contributed by atoms with E-state index in [1.807, 2.05) is 42.5 Å².